The zero-order valence-corrected chi connectivity index (χ0v) is 17.7. The van der Waals surface area contributed by atoms with Crippen LogP contribution in [0.5, 0.6) is 5.75 Å². The van der Waals surface area contributed by atoms with E-state index in [9.17, 15) is 9.59 Å². The number of urea groups is 1. The summed E-state index contributed by atoms with van der Waals surface area (Å²) in [6, 6.07) is 14.8. The summed E-state index contributed by atoms with van der Waals surface area (Å²) in [5.74, 6) is 0.740. The van der Waals surface area contributed by atoms with Crippen molar-refractivity contribution in [2.45, 2.75) is 12.6 Å². The molecule has 2 aromatic rings. The van der Waals surface area contributed by atoms with Crippen molar-refractivity contribution >= 4 is 11.9 Å². The first-order valence-electron chi connectivity index (χ1n) is 9.44. The average molecular weight is 399 g/mol. The van der Waals surface area contributed by atoms with Crippen LogP contribution in [0.4, 0.5) is 4.79 Å². The number of likely N-dealkylation sites (N-methyl/N-ethyl adjacent to an activating group) is 1. The monoisotopic (exact) mass is 398 g/mol. The molecule has 0 aliphatic rings. The Morgan fingerprint density at radius 3 is 2.28 bits per heavy atom. The molecule has 29 heavy (non-hydrogen) atoms. The topological polar surface area (TPSA) is 73.9 Å². The molecule has 0 heterocycles. The Hall–Kier alpha value is -3.06. The molecule has 3 amide bonds. The number of hydrogen-bond acceptors (Lipinski definition) is 4. The molecule has 1 unspecified atom stereocenters. The number of carbonyl (C=O) groups is 2. The lowest BCUT2D eigenvalue weighted by molar-refractivity contribution is 0.0827. The molecule has 7 heteroatoms. The fourth-order valence-electron chi connectivity index (χ4n) is 2.90. The van der Waals surface area contributed by atoms with Crippen LogP contribution in [0.2, 0.25) is 0 Å². The molecule has 0 aliphatic heterocycles. The van der Waals surface area contributed by atoms with Crippen LogP contribution in [0.3, 0.4) is 0 Å². The Bertz CT molecular complexity index is 819. The van der Waals surface area contributed by atoms with Crippen molar-refractivity contribution in [3.8, 4) is 5.75 Å². The summed E-state index contributed by atoms with van der Waals surface area (Å²) in [4.78, 5) is 27.7. The quantitative estimate of drug-likeness (QED) is 0.717. The number of benzene rings is 2. The Morgan fingerprint density at radius 1 is 1.00 bits per heavy atom. The Kier molecular flexibility index (Phi) is 8.03. The molecule has 0 spiro atoms. The van der Waals surface area contributed by atoms with Crippen LogP contribution in [0, 0.1) is 0 Å². The highest BCUT2D eigenvalue weighted by Gasteiger charge is 2.16. The van der Waals surface area contributed by atoms with Crippen LogP contribution in [-0.2, 0) is 6.54 Å². The molecule has 2 rings (SSSR count). The molecule has 0 fully saturated rings. The average Bonchev–Trinajstić information content (AvgIpc) is 2.72. The number of hydrogen-bond donors (Lipinski definition) is 2. The lowest BCUT2D eigenvalue weighted by atomic mass is 10.1. The number of rotatable bonds is 8. The second-order valence-corrected chi connectivity index (χ2v) is 7.22. The maximum Gasteiger partial charge on any atom is 0.315 e. The van der Waals surface area contributed by atoms with E-state index >= 15 is 0 Å². The number of nitrogens with zero attached hydrogens (tertiary/aromatic N) is 2. The molecule has 1 atom stereocenters. The molecule has 156 valence electrons. The van der Waals surface area contributed by atoms with Crippen LogP contribution >= 0.6 is 0 Å². The third-order valence-electron chi connectivity index (χ3n) is 4.62. The van der Waals surface area contributed by atoms with Crippen molar-refractivity contribution in [2.24, 2.45) is 0 Å². The van der Waals surface area contributed by atoms with Crippen LogP contribution in [0.25, 0.3) is 0 Å². The summed E-state index contributed by atoms with van der Waals surface area (Å²) >= 11 is 0. The molecule has 0 bridgehead atoms. The third kappa shape index (κ3) is 6.50. The molecule has 0 saturated heterocycles. The third-order valence-corrected chi connectivity index (χ3v) is 4.62. The highest BCUT2D eigenvalue weighted by atomic mass is 16.5. The predicted molar refractivity (Wildman–Crippen MR) is 114 cm³/mol. The van der Waals surface area contributed by atoms with E-state index in [1.54, 1.807) is 33.3 Å². The van der Waals surface area contributed by atoms with Gasteiger partial charge in [-0.1, -0.05) is 24.3 Å². The summed E-state index contributed by atoms with van der Waals surface area (Å²) in [5.41, 5.74) is 2.61. The first-order valence-corrected chi connectivity index (χ1v) is 9.44. The Morgan fingerprint density at radius 2 is 1.69 bits per heavy atom. The molecular weight excluding hydrogens is 368 g/mol. The van der Waals surface area contributed by atoms with Gasteiger partial charge in [-0.05, 0) is 49.5 Å². The summed E-state index contributed by atoms with van der Waals surface area (Å²) in [6.07, 6.45) is 0. The van der Waals surface area contributed by atoms with E-state index < -0.39 is 0 Å². The Labute approximate surface area is 172 Å². The van der Waals surface area contributed by atoms with E-state index in [1.165, 1.54) is 4.90 Å². The lowest BCUT2D eigenvalue weighted by Gasteiger charge is -2.25. The molecular formula is C22H30N4O3. The molecule has 0 radical (unpaired) electrons. The smallest absolute Gasteiger partial charge is 0.315 e. The van der Waals surface area contributed by atoms with Gasteiger partial charge >= 0.3 is 6.03 Å². The molecule has 2 aromatic carbocycles. The fraction of sp³-hybridized carbons (Fsp3) is 0.364. The van der Waals surface area contributed by atoms with Gasteiger partial charge in [-0.15, -0.1) is 0 Å². The van der Waals surface area contributed by atoms with Crippen molar-refractivity contribution in [3.05, 3.63) is 65.2 Å². The summed E-state index contributed by atoms with van der Waals surface area (Å²) < 4.78 is 5.29. The number of amides is 3. The van der Waals surface area contributed by atoms with Crippen LogP contribution in [0.1, 0.15) is 27.5 Å². The van der Waals surface area contributed by atoms with E-state index in [1.807, 2.05) is 50.5 Å². The Balaban J connectivity index is 1.88. The predicted octanol–water partition coefficient (Wildman–Crippen LogP) is 2.50. The van der Waals surface area contributed by atoms with E-state index in [0.29, 0.717) is 18.7 Å². The van der Waals surface area contributed by atoms with E-state index in [-0.39, 0.29) is 18.0 Å². The van der Waals surface area contributed by atoms with Gasteiger partial charge in [0.15, 0.2) is 0 Å². The summed E-state index contributed by atoms with van der Waals surface area (Å²) in [6.45, 7) is 0.844. The van der Waals surface area contributed by atoms with Crippen molar-refractivity contribution < 1.29 is 14.3 Å². The first-order chi connectivity index (χ1) is 13.8. The number of nitrogens with one attached hydrogen (secondary N) is 2. The number of ether oxygens (including phenoxy) is 1. The van der Waals surface area contributed by atoms with Gasteiger partial charge in [0.25, 0.3) is 5.91 Å². The van der Waals surface area contributed by atoms with Crippen molar-refractivity contribution in [2.75, 3.05) is 41.8 Å². The maximum atomic E-state index is 12.2. The number of carbonyl (C=O) groups excluding carboxylic acids is 2. The summed E-state index contributed by atoms with van der Waals surface area (Å²) in [5, 5.41) is 5.77. The SMILES string of the molecule is COc1cccc(C(CNC(=O)NCc2ccc(C(=O)N(C)C)cc2)N(C)C)c1. The maximum absolute atomic E-state index is 12.2. The summed E-state index contributed by atoms with van der Waals surface area (Å²) in [7, 11) is 9.02. The van der Waals surface area contributed by atoms with E-state index in [4.69, 9.17) is 4.74 Å². The zero-order chi connectivity index (χ0) is 21.4. The van der Waals surface area contributed by atoms with Crippen LogP contribution in [0.15, 0.2) is 48.5 Å². The molecule has 2 N–H and O–H groups in total. The molecule has 0 saturated carbocycles. The second-order valence-electron chi connectivity index (χ2n) is 7.22. The van der Waals surface area contributed by atoms with Gasteiger partial charge in [-0.3, -0.25) is 4.79 Å². The van der Waals surface area contributed by atoms with Crippen molar-refractivity contribution in [1.82, 2.24) is 20.4 Å². The van der Waals surface area contributed by atoms with Gasteiger partial charge < -0.3 is 25.2 Å². The van der Waals surface area contributed by atoms with Crippen LogP contribution in [-0.4, -0.2) is 63.6 Å². The van der Waals surface area contributed by atoms with E-state index in [2.05, 4.69) is 15.5 Å². The second kappa shape index (κ2) is 10.5. The van der Waals surface area contributed by atoms with Gasteiger partial charge in [-0.25, -0.2) is 4.79 Å². The highest BCUT2D eigenvalue weighted by Crippen LogP contribution is 2.22. The molecule has 0 aromatic heterocycles. The lowest BCUT2D eigenvalue weighted by Crippen LogP contribution is -2.40. The normalized spacial score (nSPS) is 11.7. The number of methoxy groups -OCH3 is 1. The first kappa shape index (κ1) is 22.2. The largest absolute Gasteiger partial charge is 0.497 e. The van der Waals surface area contributed by atoms with Crippen LogP contribution < -0.4 is 15.4 Å². The van der Waals surface area contributed by atoms with Crippen molar-refractivity contribution in [1.29, 1.82) is 0 Å². The minimum Gasteiger partial charge on any atom is -0.497 e. The molecule has 0 aliphatic carbocycles. The zero-order valence-electron chi connectivity index (χ0n) is 17.7. The molecule has 7 nitrogen and oxygen atoms in total. The van der Waals surface area contributed by atoms with Gasteiger partial charge in [0.2, 0.25) is 0 Å². The van der Waals surface area contributed by atoms with Crippen molar-refractivity contribution in [3.63, 3.8) is 0 Å². The standard InChI is InChI=1S/C22H30N4O3/c1-25(2)20(18-7-6-8-19(13-18)29-5)15-24-22(28)23-14-16-9-11-17(12-10-16)21(27)26(3)4/h6-13,20H,14-15H2,1-5H3,(H2,23,24,28). The highest BCUT2D eigenvalue weighted by molar-refractivity contribution is 5.93. The van der Waals surface area contributed by atoms with Gasteiger partial charge in [0.05, 0.1) is 13.2 Å². The van der Waals surface area contributed by atoms with Gasteiger partial charge in [0, 0.05) is 32.7 Å². The van der Waals surface area contributed by atoms with Gasteiger partial charge in [-0.2, -0.15) is 0 Å². The van der Waals surface area contributed by atoms with E-state index in [0.717, 1.165) is 16.9 Å². The minimum atomic E-state index is -0.242. The minimum absolute atomic E-state index is 0.0205. The fourth-order valence-corrected chi connectivity index (χ4v) is 2.90. The van der Waals surface area contributed by atoms with Gasteiger partial charge in [0.1, 0.15) is 5.75 Å².